The molecule has 0 fully saturated rings. The average molecular weight is 392 g/mol. The number of aryl methyl sites for hydroxylation is 2. The highest BCUT2D eigenvalue weighted by Crippen LogP contribution is 2.23. The molecule has 0 saturated heterocycles. The molecule has 0 aliphatic carbocycles. The number of ketones is 1. The molecule has 0 unspecified atom stereocenters. The van der Waals surface area contributed by atoms with Gasteiger partial charge in [-0.25, -0.2) is 0 Å². The van der Waals surface area contributed by atoms with E-state index in [9.17, 15) is 14.4 Å². The second kappa shape index (κ2) is 8.73. The summed E-state index contributed by atoms with van der Waals surface area (Å²) in [5, 5.41) is 3.42. The Kier molecular flexibility index (Phi) is 6.12. The maximum atomic E-state index is 12.9. The van der Waals surface area contributed by atoms with Crippen LogP contribution in [-0.2, 0) is 14.3 Å². The Morgan fingerprint density at radius 3 is 2.41 bits per heavy atom. The van der Waals surface area contributed by atoms with E-state index in [4.69, 9.17) is 4.74 Å². The molecule has 1 atom stereocenters. The zero-order valence-electron chi connectivity index (χ0n) is 16.7. The number of rotatable bonds is 7. The van der Waals surface area contributed by atoms with Gasteiger partial charge in [-0.3, -0.25) is 14.4 Å². The Morgan fingerprint density at radius 2 is 1.72 bits per heavy atom. The van der Waals surface area contributed by atoms with Gasteiger partial charge in [0.25, 0.3) is 11.7 Å². The lowest BCUT2D eigenvalue weighted by atomic mass is 10.0. The molecular weight excluding hydrogens is 368 g/mol. The zero-order valence-corrected chi connectivity index (χ0v) is 16.7. The van der Waals surface area contributed by atoms with E-state index >= 15 is 0 Å². The van der Waals surface area contributed by atoms with Crippen molar-refractivity contribution in [2.75, 3.05) is 6.61 Å². The largest absolute Gasteiger partial charge is 0.466 e. The van der Waals surface area contributed by atoms with Gasteiger partial charge in [0.05, 0.1) is 24.6 Å². The molecular formula is C23H24N2O4. The van der Waals surface area contributed by atoms with Crippen molar-refractivity contribution in [1.82, 2.24) is 10.3 Å². The van der Waals surface area contributed by atoms with Gasteiger partial charge in [-0.2, -0.15) is 0 Å². The molecule has 2 aromatic carbocycles. The molecule has 29 heavy (non-hydrogen) atoms. The van der Waals surface area contributed by atoms with Crippen LogP contribution in [0.25, 0.3) is 10.9 Å². The molecule has 1 amide bonds. The van der Waals surface area contributed by atoms with Gasteiger partial charge in [0.1, 0.15) is 0 Å². The molecule has 1 heterocycles. The number of hydrogen-bond donors (Lipinski definition) is 2. The smallest absolute Gasteiger partial charge is 0.308 e. The van der Waals surface area contributed by atoms with Gasteiger partial charge >= 0.3 is 5.97 Å². The summed E-state index contributed by atoms with van der Waals surface area (Å²) in [7, 11) is 0. The number of benzene rings is 2. The third kappa shape index (κ3) is 4.54. The Morgan fingerprint density at radius 1 is 1.03 bits per heavy atom. The summed E-state index contributed by atoms with van der Waals surface area (Å²) in [6, 6.07) is 14.1. The van der Waals surface area contributed by atoms with Crippen LogP contribution in [0, 0.1) is 13.8 Å². The number of fused-ring (bicyclic) bond motifs is 1. The summed E-state index contributed by atoms with van der Waals surface area (Å²) in [6.45, 7) is 5.68. The summed E-state index contributed by atoms with van der Waals surface area (Å²) >= 11 is 0. The molecule has 0 bridgehead atoms. The van der Waals surface area contributed by atoms with Gasteiger partial charge in [0, 0.05) is 16.6 Å². The monoisotopic (exact) mass is 392 g/mol. The molecule has 0 aliphatic heterocycles. The first-order valence-corrected chi connectivity index (χ1v) is 9.55. The highest BCUT2D eigenvalue weighted by molar-refractivity contribution is 6.45. The van der Waals surface area contributed by atoms with Crippen molar-refractivity contribution in [1.29, 1.82) is 0 Å². The van der Waals surface area contributed by atoms with Crippen molar-refractivity contribution in [3.8, 4) is 0 Å². The minimum atomic E-state index is -0.757. The molecule has 0 radical (unpaired) electrons. The van der Waals surface area contributed by atoms with E-state index in [-0.39, 0.29) is 13.0 Å². The number of H-pyrrole nitrogens is 1. The summed E-state index contributed by atoms with van der Waals surface area (Å²) in [5.74, 6) is -1.83. The van der Waals surface area contributed by atoms with Gasteiger partial charge in [0.2, 0.25) is 0 Å². The molecule has 1 aromatic heterocycles. The van der Waals surface area contributed by atoms with Crippen LogP contribution in [0.1, 0.15) is 46.6 Å². The van der Waals surface area contributed by atoms with Gasteiger partial charge < -0.3 is 15.0 Å². The summed E-state index contributed by atoms with van der Waals surface area (Å²) in [5.41, 5.74) is 3.56. The van der Waals surface area contributed by atoms with Crippen LogP contribution >= 0.6 is 0 Å². The minimum absolute atomic E-state index is 0.0528. The van der Waals surface area contributed by atoms with Crippen molar-refractivity contribution >= 4 is 28.6 Å². The molecule has 0 spiro atoms. The number of esters is 1. The fourth-order valence-electron chi connectivity index (χ4n) is 3.34. The standard InChI is InChI=1S/C23H24N2O4/c1-4-29-20(26)13-19(16-11-9-14(2)10-12-16)25-23(28)22(27)21-15(3)24-18-8-6-5-7-17(18)21/h5-12,19,24H,4,13H2,1-3H3,(H,25,28)/t19-/m1/s1. The van der Waals surface area contributed by atoms with E-state index in [0.29, 0.717) is 16.6 Å². The van der Waals surface area contributed by atoms with Gasteiger partial charge in [-0.15, -0.1) is 0 Å². The minimum Gasteiger partial charge on any atom is -0.466 e. The highest BCUT2D eigenvalue weighted by atomic mass is 16.5. The topological polar surface area (TPSA) is 88.3 Å². The number of carbonyl (C=O) groups is 3. The fraction of sp³-hybridized carbons (Fsp3) is 0.261. The van der Waals surface area contributed by atoms with Crippen LogP contribution < -0.4 is 5.32 Å². The van der Waals surface area contributed by atoms with Crippen LogP contribution in [0.3, 0.4) is 0 Å². The van der Waals surface area contributed by atoms with Crippen molar-refractivity contribution in [2.45, 2.75) is 33.2 Å². The number of Topliss-reactive ketones (excluding diaryl/α,β-unsaturated/α-hetero) is 1. The van der Waals surface area contributed by atoms with E-state index in [1.54, 1.807) is 19.9 Å². The van der Waals surface area contributed by atoms with Crippen molar-refractivity contribution in [3.05, 3.63) is 70.9 Å². The van der Waals surface area contributed by atoms with Crippen molar-refractivity contribution in [3.63, 3.8) is 0 Å². The Bertz CT molecular complexity index is 1050. The third-order valence-electron chi connectivity index (χ3n) is 4.79. The first kappa shape index (κ1) is 20.3. The normalized spacial score (nSPS) is 11.8. The van der Waals surface area contributed by atoms with Crippen molar-refractivity contribution < 1.29 is 19.1 Å². The number of aromatic amines is 1. The molecule has 2 N–H and O–H groups in total. The van der Waals surface area contributed by atoms with Crippen LogP contribution in [0.4, 0.5) is 0 Å². The van der Waals surface area contributed by atoms with E-state index in [1.807, 2.05) is 49.4 Å². The zero-order chi connectivity index (χ0) is 21.0. The van der Waals surface area contributed by atoms with Crippen LogP contribution in [0.15, 0.2) is 48.5 Å². The molecule has 0 saturated carbocycles. The highest BCUT2D eigenvalue weighted by Gasteiger charge is 2.26. The summed E-state index contributed by atoms with van der Waals surface area (Å²) in [4.78, 5) is 40.9. The lowest BCUT2D eigenvalue weighted by Crippen LogP contribution is -2.36. The van der Waals surface area contributed by atoms with E-state index in [2.05, 4.69) is 10.3 Å². The number of aromatic nitrogens is 1. The van der Waals surface area contributed by atoms with Crippen LogP contribution in [0.2, 0.25) is 0 Å². The third-order valence-corrected chi connectivity index (χ3v) is 4.79. The molecule has 150 valence electrons. The maximum Gasteiger partial charge on any atom is 0.308 e. The predicted octanol–water partition coefficient (Wildman–Crippen LogP) is 3.78. The van der Waals surface area contributed by atoms with Gasteiger partial charge in [-0.05, 0) is 32.4 Å². The lowest BCUT2D eigenvalue weighted by molar-refractivity contribution is -0.143. The first-order valence-electron chi connectivity index (χ1n) is 9.55. The number of ether oxygens (including phenoxy) is 1. The Labute approximate surface area is 169 Å². The molecule has 3 rings (SSSR count). The molecule has 0 aliphatic rings. The molecule has 3 aromatic rings. The van der Waals surface area contributed by atoms with Crippen LogP contribution in [-0.4, -0.2) is 29.3 Å². The van der Waals surface area contributed by atoms with E-state index in [0.717, 1.165) is 16.6 Å². The SMILES string of the molecule is CCOC(=O)C[C@@H](NC(=O)C(=O)c1c(C)[nH]c2ccccc12)c1ccc(C)cc1. The quantitative estimate of drug-likeness (QED) is 0.364. The molecule has 6 heteroatoms. The fourth-order valence-corrected chi connectivity index (χ4v) is 3.34. The van der Waals surface area contributed by atoms with E-state index < -0.39 is 23.7 Å². The van der Waals surface area contributed by atoms with Gasteiger partial charge in [0.15, 0.2) is 0 Å². The Hall–Kier alpha value is -3.41. The van der Waals surface area contributed by atoms with Gasteiger partial charge in [-0.1, -0.05) is 48.0 Å². The van der Waals surface area contributed by atoms with Crippen molar-refractivity contribution in [2.24, 2.45) is 0 Å². The lowest BCUT2D eigenvalue weighted by Gasteiger charge is -2.18. The summed E-state index contributed by atoms with van der Waals surface area (Å²) < 4.78 is 5.03. The predicted molar refractivity (Wildman–Crippen MR) is 111 cm³/mol. The number of carbonyl (C=O) groups excluding carboxylic acids is 3. The second-order valence-electron chi connectivity index (χ2n) is 6.95. The number of para-hydroxylation sites is 1. The van der Waals surface area contributed by atoms with Crippen LogP contribution in [0.5, 0.6) is 0 Å². The Balaban J connectivity index is 1.86. The maximum absolute atomic E-state index is 12.9. The van der Waals surface area contributed by atoms with E-state index in [1.165, 1.54) is 0 Å². The summed E-state index contributed by atoms with van der Waals surface area (Å²) in [6.07, 6.45) is -0.0528. The average Bonchev–Trinajstić information content (AvgIpc) is 3.03. The molecule has 6 nitrogen and oxygen atoms in total. The number of nitrogens with one attached hydrogen (secondary N) is 2. The first-order chi connectivity index (χ1) is 13.9. The number of hydrogen-bond acceptors (Lipinski definition) is 4. The second-order valence-corrected chi connectivity index (χ2v) is 6.95. The number of amides is 1.